The van der Waals surface area contributed by atoms with Crippen molar-refractivity contribution in [3.63, 3.8) is 0 Å². The Bertz CT molecular complexity index is 633. The second-order valence-corrected chi connectivity index (χ2v) is 6.65. The van der Waals surface area contributed by atoms with Crippen molar-refractivity contribution in [2.45, 2.75) is 51.6 Å². The summed E-state index contributed by atoms with van der Waals surface area (Å²) in [6.07, 6.45) is 3.84. The summed E-state index contributed by atoms with van der Waals surface area (Å²) in [5.41, 5.74) is 3.80. The molecule has 3 nitrogen and oxygen atoms in total. The molecule has 3 rings (SSSR count). The molecule has 0 saturated heterocycles. The monoisotopic (exact) mass is 303 g/mol. The van der Waals surface area contributed by atoms with Gasteiger partial charge in [-0.05, 0) is 51.2 Å². The standard InChI is InChI=1S/C17H22ClN3/c1-11(2)21-17(15(18)10-19-21)9-13-8-12(3)20-16-7-5-4-6-14(13)16/h4-7,10-13,20H,8-9H2,1-3H3. The Morgan fingerprint density at radius 3 is 2.90 bits per heavy atom. The molecule has 2 heterocycles. The van der Waals surface area contributed by atoms with Crippen LogP contribution in [-0.4, -0.2) is 15.8 Å². The van der Waals surface area contributed by atoms with Crippen molar-refractivity contribution in [3.05, 3.63) is 46.7 Å². The van der Waals surface area contributed by atoms with Gasteiger partial charge in [-0.2, -0.15) is 5.10 Å². The van der Waals surface area contributed by atoms with Gasteiger partial charge in [-0.1, -0.05) is 29.8 Å². The van der Waals surface area contributed by atoms with E-state index in [9.17, 15) is 0 Å². The summed E-state index contributed by atoms with van der Waals surface area (Å²) < 4.78 is 2.05. The van der Waals surface area contributed by atoms with Crippen LogP contribution in [0.5, 0.6) is 0 Å². The molecule has 21 heavy (non-hydrogen) atoms. The van der Waals surface area contributed by atoms with E-state index in [-0.39, 0.29) is 0 Å². The first-order valence-corrected chi connectivity index (χ1v) is 8.01. The molecule has 112 valence electrons. The fourth-order valence-corrected chi connectivity index (χ4v) is 3.50. The molecule has 0 aliphatic carbocycles. The van der Waals surface area contributed by atoms with Crippen molar-refractivity contribution in [1.82, 2.24) is 9.78 Å². The van der Waals surface area contributed by atoms with E-state index in [2.05, 4.69) is 60.1 Å². The van der Waals surface area contributed by atoms with Crippen molar-refractivity contribution in [2.75, 3.05) is 5.32 Å². The third-order valence-corrected chi connectivity index (χ3v) is 4.53. The van der Waals surface area contributed by atoms with Gasteiger partial charge in [0, 0.05) is 17.8 Å². The molecule has 1 aliphatic rings. The third kappa shape index (κ3) is 2.80. The van der Waals surface area contributed by atoms with E-state index < -0.39 is 0 Å². The Hall–Kier alpha value is -1.48. The second kappa shape index (κ2) is 5.72. The smallest absolute Gasteiger partial charge is 0.0818 e. The Kier molecular flexibility index (Phi) is 3.94. The normalized spacial score (nSPS) is 21.2. The Morgan fingerprint density at radius 2 is 2.14 bits per heavy atom. The van der Waals surface area contributed by atoms with Gasteiger partial charge in [0.05, 0.1) is 16.9 Å². The molecule has 0 spiro atoms. The Balaban J connectivity index is 1.94. The fraction of sp³-hybridized carbons (Fsp3) is 0.471. The summed E-state index contributed by atoms with van der Waals surface area (Å²) in [5.74, 6) is 0.490. The number of anilines is 1. The molecule has 1 aromatic carbocycles. The number of hydrogen-bond donors (Lipinski definition) is 1. The number of para-hydroxylation sites is 1. The van der Waals surface area contributed by atoms with Crippen LogP contribution in [-0.2, 0) is 6.42 Å². The number of halogens is 1. The summed E-state index contributed by atoms with van der Waals surface area (Å²) in [5, 5.41) is 8.78. The average molecular weight is 304 g/mol. The van der Waals surface area contributed by atoms with Crippen molar-refractivity contribution in [1.29, 1.82) is 0 Å². The second-order valence-electron chi connectivity index (χ2n) is 6.25. The SMILES string of the molecule is CC1CC(Cc2c(Cl)cnn2C(C)C)c2ccccc2N1. The maximum atomic E-state index is 6.37. The molecule has 0 radical (unpaired) electrons. The van der Waals surface area contributed by atoms with Gasteiger partial charge >= 0.3 is 0 Å². The van der Waals surface area contributed by atoms with E-state index in [1.165, 1.54) is 11.3 Å². The van der Waals surface area contributed by atoms with Crippen LogP contribution in [0.25, 0.3) is 0 Å². The highest BCUT2D eigenvalue weighted by Crippen LogP contribution is 2.37. The molecule has 2 aromatic rings. The predicted octanol–water partition coefficient (Wildman–Crippen LogP) is 4.65. The lowest BCUT2D eigenvalue weighted by Crippen LogP contribution is -2.27. The van der Waals surface area contributed by atoms with Crippen LogP contribution in [0.4, 0.5) is 5.69 Å². The molecule has 0 bridgehead atoms. The number of rotatable bonds is 3. The molecule has 2 unspecified atom stereocenters. The quantitative estimate of drug-likeness (QED) is 0.894. The molecule has 0 amide bonds. The first kappa shape index (κ1) is 14.5. The zero-order chi connectivity index (χ0) is 15.0. The van der Waals surface area contributed by atoms with Gasteiger partial charge in [-0.15, -0.1) is 0 Å². The van der Waals surface area contributed by atoms with E-state index >= 15 is 0 Å². The minimum absolute atomic E-state index is 0.335. The van der Waals surface area contributed by atoms with Crippen LogP contribution in [0.3, 0.4) is 0 Å². The summed E-state index contributed by atoms with van der Waals surface area (Å²) in [7, 11) is 0. The average Bonchev–Trinajstić information content (AvgIpc) is 2.80. The van der Waals surface area contributed by atoms with Gasteiger partial charge in [0.1, 0.15) is 0 Å². The van der Waals surface area contributed by atoms with E-state index in [0.29, 0.717) is 18.0 Å². The number of nitrogens with one attached hydrogen (secondary N) is 1. The van der Waals surface area contributed by atoms with Crippen LogP contribution < -0.4 is 5.32 Å². The summed E-state index contributed by atoms with van der Waals surface area (Å²) in [4.78, 5) is 0. The first-order chi connectivity index (χ1) is 10.1. The fourth-order valence-electron chi connectivity index (χ4n) is 3.29. The summed E-state index contributed by atoms with van der Waals surface area (Å²) in [6.45, 7) is 6.53. The lowest BCUT2D eigenvalue weighted by atomic mass is 9.84. The molecule has 4 heteroatoms. The van der Waals surface area contributed by atoms with Gasteiger partial charge in [0.25, 0.3) is 0 Å². The number of nitrogens with zero attached hydrogens (tertiary/aromatic N) is 2. The minimum atomic E-state index is 0.335. The minimum Gasteiger partial charge on any atom is -0.382 e. The molecule has 1 aromatic heterocycles. The number of hydrogen-bond acceptors (Lipinski definition) is 2. The van der Waals surface area contributed by atoms with Gasteiger partial charge in [-0.3, -0.25) is 4.68 Å². The van der Waals surface area contributed by atoms with E-state index in [1.54, 1.807) is 6.20 Å². The molecule has 2 atom stereocenters. The molecule has 0 saturated carbocycles. The Morgan fingerprint density at radius 1 is 1.38 bits per heavy atom. The van der Waals surface area contributed by atoms with Crippen LogP contribution in [0.1, 0.15) is 50.4 Å². The highest BCUT2D eigenvalue weighted by molar-refractivity contribution is 6.31. The van der Waals surface area contributed by atoms with E-state index in [1.807, 2.05) is 0 Å². The zero-order valence-corrected chi connectivity index (χ0v) is 13.6. The summed E-state index contributed by atoms with van der Waals surface area (Å²) in [6, 6.07) is 9.42. The third-order valence-electron chi connectivity index (χ3n) is 4.22. The van der Waals surface area contributed by atoms with Crippen molar-refractivity contribution in [3.8, 4) is 0 Å². The van der Waals surface area contributed by atoms with Crippen molar-refractivity contribution >= 4 is 17.3 Å². The summed E-state index contributed by atoms with van der Waals surface area (Å²) >= 11 is 6.37. The predicted molar refractivity (Wildman–Crippen MR) is 88.2 cm³/mol. The maximum Gasteiger partial charge on any atom is 0.0818 e. The highest BCUT2D eigenvalue weighted by atomic mass is 35.5. The van der Waals surface area contributed by atoms with E-state index in [4.69, 9.17) is 11.6 Å². The number of aromatic nitrogens is 2. The molecular formula is C17H22ClN3. The lowest BCUT2D eigenvalue weighted by molar-refractivity contribution is 0.479. The molecular weight excluding hydrogens is 282 g/mol. The zero-order valence-electron chi connectivity index (χ0n) is 12.8. The van der Waals surface area contributed by atoms with Crippen molar-refractivity contribution < 1.29 is 0 Å². The van der Waals surface area contributed by atoms with Crippen LogP contribution in [0.2, 0.25) is 5.02 Å². The molecule has 0 fully saturated rings. The van der Waals surface area contributed by atoms with Gasteiger partial charge in [0.15, 0.2) is 0 Å². The van der Waals surface area contributed by atoms with Gasteiger partial charge in [-0.25, -0.2) is 0 Å². The molecule has 1 N–H and O–H groups in total. The Labute approximate surface area is 131 Å². The first-order valence-electron chi connectivity index (χ1n) is 7.63. The number of fused-ring (bicyclic) bond motifs is 1. The van der Waals surface area contributed by atoms with Crippen LogP contribution >= 0.6 is 11.6 Å². The van der Waals surface area contributed by atoms with Crippen molar-refractivity contribution in [2.24, 2.45) is 0 Å². The van der Waals surface area contributed by atoms with Crippen LogP contribution in [0.15, 0.2) is 30.5 Å². The van der Waals surface area contributed by atoms with Gasteiger partial charge < -0.3 is 5.32 Å². The molecule has 1 aliphatic heterocycles. The van der Waals surface area contributed by atoms with E-state index in [0.717, 1.165) is 23.6 Å². The number of benzene rings is 1. The maximum absolute atomic E-state index is 6.37. The highest BCUT2D eigenvalue weighted by Gasteiger charge is 2.26. The lowest BCUT2D eigenvalue weighted by Gasteiger charge is -2.31. The van der Waals surface area contributed by atoms with Gasteiger partial charge in [0.2, 0.25) is 0 Å². The topological polar surface area (TPSA) is 29.9 Å². The van der Waals surface area contributed by atoms with Crippen LogP contribution in [0, 0.1) is 0 Å². The largest absolute Gasteiger partial charge is 0.382 e.